The highest BCUT2D eigenvalue weighted by Crippen LogP contribution is 2.43. The molecule has 0 spiro atoms. The molecule has 3 heteroatoms. The molecule has 0 aromatic rings. The molecule has 1 saturated carbocycles. The van der Waals surface area contributed by atoms with E-state index in [1.54, 1.807) is 0 Å². The van der Waals surface area contributed by atoms with Gasteiger partial charge in [0, 0.05) is 38.3 Å². The molecule has 2 atom stereocenters. The van der Waals surface area contributed by atoms with Gasteiger partial charge in [0.15, 0.2) is 0 Å². The van der Waals surface area contributed by atoms with Gasteiger partial charge < -0.3 is 10.1 Å². The third kappa shape index (κ3) is 2.51. The molecule has 0 aromatic carbocycles. The van der Waals surface area contributed by atoms with Gasteiger partial charge in [-0.1, -0.05) is 0 Å². The van der Waals surface area contributed by atoms with Gasteiger partial charge in [0.2, 0.25) is 0 Å². The number of hydrogen-bond donors (Lipinski definition) is 1. The van der Waals surface area contributed by atoms with Crippen molar-refractivity contribution >= 4 is 0 Å². The molecule has 3 rings (SSSR count). The molecule has 2 aliphatic heterocycles. The van der Waals surface area contributed by atoms with Crippen molar-refractivity contribution in [3.8, 4) is 0 Å². The van der Waals surface area contributed by atoms with Gasteiger partial charge in [-0.2, -0.15) is 0 Å². The Labute approximate surface area is 105 Å². The molecule has 3 aliphatic rings. The molecule has 3 fully saturated rings. The zero-order valence-corrected chi connectivity index (χ0v) is 11.1. The number of hydrogen-bond acceptors (Lipinski definition) is 3. The summed E-state index contributed by atoms with van der Waals surface area (Å²) in [6.45, 7) is 8.12. The smallest absolute Gasteiger partial charge is 0.0702 e. The maximum atomic E-state index is 5.91. The molecular weight excluding hydrogens is 212 g/mol. The van der Waals surface area contributed by atoms with Gasteiger partial charge in [-0.05, 0) is 44.9 Å². The lowest BCUT2D eigenvalue weighted by atomic mass is 9.90. The van der Waals surface area contributed by atoms with E-state index < -0.39 is 0 Å². The molecule has 2 saturated heterocycles. The normalized spacial score (nSPS) is 40.4. The van der Waals surface area contributed by atoms with Gasteiger partial charge in [-0.25, -0.2) is 0 Å². The molecule has 2 unspecified atom stereocenters. The van der Waals surface area contributed by atoms with Crippen molar-refractivity contribution in [3.05, 3.63) is 0 Å². The number of nitrogens with zero attached hydrogens (tertiary/aromatic N) is 1. The lowest BCUT2D eigenvalue weighted by molar-refractivity contribution is -0.0408. The minimum atomic E-state index is 0.402. The summed E-state index contributed by atoms with van der Waals surface area (Å²) in [7, 11) is 0. The summed E-state index contributed by atoms with van der Waals surface area (Å²) in [6, 6.07) is 0. The summed E-state index contributed by atoms with van der Waals surface area (Å²) in [5.41, 5.74) is 0.402. The van der Waals surface area contributed by atoms with Crippen molar-refractivity contribution < 1.29 is 4.74 Å². The highest BCUT2D eigenvalue weighted by atomic mass is 16.5. The molecule has 3 nitrogen and oxygen atoms in total. The molecule has 1 N–H and O–H groups in total. The Kier molecular flexibility index (Phi) is 3.42. The van der Waals surface area contributed by atoms with Crippen LogP contribution in [0.15, 0.2) is 0 Å². The van der Waals surface area contributed by atoms with Gasteiger partial charge in [-0.3, -0.25) is 4.90 Å². The Morgan fingerprint density at radius 3 is 2.88 bits per heavy atom. The van der Waals surface area contributed by atoms with Crippen molar-refractivity contribution in [3.63, 3.8) is 0 Å². The van der Waals surface area contributed by atoms with E-state index in [9.17, 15) is 0 Å². The average Bonchev–Trinajstić information content (AvgIpc) is 3.18. The number of piperazine rings is 1. The van der Waals surface area contributed by atoms with E-state index in [1.165, 1.54) is 45.2 Å². The van der Waals surface area contributed by atoms with E-state index in [0.717, 1.165) is 25.6 Å². The van der Waals surface area contributed by atoms with Gasteiger partial charge in [0.25, 0.3) is 0 Å². The first-order valence-corrected chi connectivity index (χ1v) is 7.36. The molecule has 0 amide bonds. The first kappa shape index (κ1) is 11.9. The van der Waals surface area contributed by atoms with Crippen molar-refractivity contribution in [2.24, 2.45) is 5.92 Å². The van der Waals surface area contributed by atoms with Crippen molar-refractivity contribution in [2.75, 3.05) is 32.8 Å². The van der Waals surface area contributed by atoms with Gasteiger partial charge >= 0.3 is 0 Å². The minimum Gasteiger partial charge on any atom is -0.377 e. The second kappa shape index (κ2) is 4.87. The molecule has 0 aromatic heterocycles. The lowest BCUT2D eigenvalue weighted by Crippen LogP contribution is -2.62. The van der Waals surface area contributed by atoms with Gasteiger partial charge in [0.05, 0.1) is 6.10 Å². The van der Waals surface area contributed by atoms with Crippen LogP contribution >= 0.6 is 0 Å². The molecule has 0 bridgehead atoms. The van der Waals surface area contributed by atoms with Crippen LogP contribution in [0.4, 0.5) is 0 Å². The largest absolute Gasteiger partial charge is 0.377 e. The first-order chi connectivity index (χ1) is 8.29. The van der Waals surface area contributed by atoms with E-state index in [0.29, 0.717) is 11.6 Å². The van der Waals surface area contributed by atoms with Crippen molar-refractivity contribution in [1.29, 1.82) is 0 Å². The van der Waals surface area contributed by atoms with Gasteiger partial charge in [-0.15, -0.1) is 0 Å². The zero-order chi connectivity index (χ0) is 11.7. The topological polar surface area (TPSA) is 24.5 Å². The standard InChI is InChI=1S/C14H26N2O/c1-14(12-5-6-12)11-15-7-8-16(14)10-13-4-2-3-9-17-13/h12-13,15H,2-11H2,1H3. The summed E-state index contributed by atoms with van der Waals surface area (Å²) in [4.78, 5) is 2.72. The molecular formula is C14H26N2O. The Hall–Kier alpha value is -0.120. The number of ether oxygens (including phenoxy) is 1. The third-order valence-electron chi connectivity index (χ3n) is 4.92. The van der Waals surface area contributed by atoms with Crippen LogP contribution in [-0.4, -0.2) is 49.3 Å². The van der Waals surface area contributed by atoms with E-state index in [-0.39, 0.29) is 0 Å². The summed E-state index contributed by atoms with van der Waals surface area (Å²) in [5, 5.41) is 3.58. The second-order valence-corrected chi connectivity index (χ2v) is 6.24. The maximum absolute atomic E-state index is 5.91. The first-order valence-electron chi connectivity index (χ1n) is 7.36. The van der Waals surface area contributed by atoms with E-state index in [4.69, 9.17) is 4.74 Å². The fourth-order valence-electron chi connectivity index (χ4n) is 3.53. The van der Waals surface area contributed by atoms with Crippen LogP contribution < -0.4 is 5.32 Å². The quantitative estimate of drug-likeness (QED) is 0.809. The zero-order valence-electron chi connectivity index (χ0n) is 11.1. The Morgan fingerprint density at radius 1 is 1.29 bits per heavy atom. The van der Waals surface area contributed by atoms with Crippen LogP contribution in [-0.2, 0) is 4.74 Å². The number of rotatable bonds is 3. The molecule has 0 radical (unpaired) electrons. The average molecular weight is 238 g/mol. The minimum absolute atomic E-state index is 0.402. The number of nitrogens with one attached hydrogen (secondary N) is 1. The van der Waals surface area contributed by atoms with Crippen LogP contribution in [0.2, 0.25) is 0 Å². The highest BCUT2D eigenvalue weighted by Gasteiger charge is 2.47. The van der Waals surface area contributed by atoms with Crippen LogP contribution in [0.25, 0.3) is 0 Å². The highest BCUT2D eigenvalue weighted by molar-refractivity contribution is 5.03. The fraction of sp³-hybridized carbons (Fsp3) is 1.00. The summed E-state index contributed by atoms with van der Waals surface area (Å²) in [5.74, 6) is 0.930. The van der Waals surface area contributed by atoms with Crippen molar-refractivity contribution in [2.45, 2.75) is 50.7 Å². The van der Waals surface area contributed by atoms with Crippen LogP contribution in [0.3, 0.4) is 0 Å². The lowest BCUT2D eigenvalue weighted by Gasteiger charge is -2.47. The van der Waals surface area contributed by atoms with E-state index in [1.807, 2.05) is 0 Å². The van der Waals surface area contributed by atoms with E-state index >= 15 is 0 Å². The SMILES string of the molecule is CC1(C2CC2)CNCCN1CC1CCCCO1. The summed E-state index contributed by atoms with van der Waals surface area (Å²) >= 11 is 0. The third-order valence-corrected chi connectivity index (χ3v) is 4.92. The predicted molar refractivity (Wildman–Crippen MR) is 69.2 cm³/mol. The Morgan fingerprint density at radius 2 is 2.18 bits per heavy atom. The Bertz CT molecular complexity index is 261. The van der Waals surface area contributed by atoms with Gasteiger partial charge in [0.1, 0.15) is 0 Å². The summed E-state index contributed by atoms with van der Waals surface area (Å²) < 4.78 is 5.91. The molecule has 2 heterocycles. The van der Waals surface area contributed by atoms with E-state index in [2.05, 4.69) is 17.1 Å². The molecule has 17 heavy (non-hydrogen) atoms. The molecule has 98 valence electrons. The maximum Gasteiger partial charge on any atom is 0.0702 e. The monoisotopic (exact) mass is 238 g/mol. The predicted octanol–water partition coefficient (Wildman–Crippen LogP) is 1.63. The van der Waals surface area contributed by atoms with Crippen LogP contribution in [0.1, 0.15) is 39.0 Å². The molecule has 1 aliphatic carbocycles. The fourth-order valence-corrected chi connectivity index (χ4v) is 3.53. The van der Waals surface area contributed by atoms with Crippen LogP contribution in [0.5, 0.6) is 0 Å². The van der Waals surface area contributed by atoms with Crippen LogP contribution in [0, 0.1) is 5.92 Å². The summed E-state index contributed by atoms with van der Waals surface area (Å²) in [6.07, 6.45) is 7.25. The second-order valence-electron chi connectivity index (χ2n) is 6.24. The Balaban J connectivity index is 1.62. The van der Waals surface area contributed by atoms with Crippen molar-refractivity contribution in [1.82, 2.24) is 10.2 Å².